The third-order valence-electron chi connectivity index (χ3n) is 6.18. The van der Waals surface area contributed by atoms with Crippen LogP contribution in [-0.4, -0.2) is 33.4 Å². The molecule has 4 heteroatoms. The Morgan fingerprint density at radius 1 is 0.967 bits per heavy atom. The lowest BCUT2D eigenvalue weighted by atomic mass is 9.84. The number of hydrogen-bond donors (Lipinski definition) is 1. The van der Waals surface area contributed by atoms with Gasteiger partial charge in [0.05, 0.1) is 5.52 Å². The fourth-order valence-electron chi connectivity index (χ4n) is 4.67. The van der Waals surface area contributed by atoms with E-state index in [1.165, 1.54) is 27.6 Å². The average Bonchev–Trinajstić information content (AvgIpc) is 3.25. The van der Waals surface area contributed by atoms with Crippen LogP contribution in [0.5, 0.6) is 0 Å². The molecular formula is C26H22N4. The Kier molecular flexibility index (Phi) is 3.93. The van der Waals surface area contributed by atoms with Crippen molar-refractivity contribution in [3.8, 4) is 11.4 Å². The van der Waals surface area contributed by atoms with E-state index in [-0.39, 0.29) is 0 Å². The lowest BCUT2D eigenvalue weighted by molar-refractivity contribution is 0.295. The molecule has 5 aromatic rings. The van der Waals surface area contributed by atoms with Gasteiger partial charge in [0.1, 0.15) is 0 Å². The summed E-state index contributed by atoms with van der Waals surface area (Å²) in [5, 5.41) is 2.32. The number of aromatic nitrogens is 3. The fourth-order valence-corrected chi connectivity index (χ4v) is 4.67. The molecule has 0 fully saturated rings. The van der Waals surface area contributed by atoms with E-state index in [2.05, 4.69) is 64.4 Å². The molecule has 0 spiro atoms. The molecule has 4 nitrogen and oxygen atoms in total. The van der Waals surface area contributed by atoms with E-state index in [4.69, 9.17) is 4.98 Å². The van der Waals surface area contributed by atoms with Crippen LogP contribution in [0.2, 0.25) is 0 Å². The first-order chi connectivity index (χ1) is 14.7. The number of likely N-dealkylation sites (N-methyl/N-ethyl adjacent to an activating group) is 1. The summed E-state index contributed by atoms with van der Waals surface area (Å²) in [5.74, 6) is 1.15. The van der Waals surface area contributed by atoms with Crippen LogP contribution in [0.3, 0.4) is 0 Å². The van der Waals surface area contributed by atoms with E-state index in [9.17, 15) is 0 Å². The van der Waals surface area contributed by atoms with Gasteiger partial charge in [-0.05, 0) is 53.4 Å². The predicted molar refractivity (Wildman–Crippen MR) is 121 cm³/mol. The molecular weight excluding hydrogens is 368 g/mol. The quantitative estimate of drug-likeness (QED) is 0.442. The van der Waals surface area contributed by atoms with Crippen LogP contribution in [0.4, 0.5) is 0 Å². The maximum Gasteiger partial charge on any atom is 0.159 e. The van der Waals surface area contributed by atoms with E-state index in [1.807, 2.05) is 36.7 Å². The minimum atomic E-state index is 0.359. The highest BCUT2D eigenvalue weighted by Gasteiger charge is 2.25. The van der Waals surface area contributed by atoms with Gasteiger partial charge >= 0.3 is 0 Å². The zero-order valence-electron chi connectivity index (χ0n) is 16.8. The third kappa shape index (κ3) is 2.88. The van der Waals surface area contributed by atoms with Gasteiger partial charge in [-0.25, -0.2) is 9.97 Å². The number of aromatic amines is 1. The minimum absolute atomic E-state index is 0.359. The van der Waals surface area contributed by atoms with Crippen molar-refractivity contribution in [1.29, 1.82) is 0 Å². The van der Waals surface area contributed by atoms with Crippen molar-refractivity contribution in [1.82, 2.24) is 19.9 Å². The number of benzene rings is 3. The fraction of sp³-hybridized carbons (Fsp3) is 0.154. The second-order valence-corrected chi connectivity index (χ2v) is 8.24. The zero-order chi connectivity index (χ0) is 20.1. The van der Waals surface area contributed by atoms with Gasteiger partial charge in [-0.3, -0.25) is 0 Å². The number of nitrogens with one attached hydrogen (secondary N) is 1. The van der Waals surface area contributed by atoms with Crippen molar-refractivity contribution in [3.63, 3.8) is 0 Å². The SMILES string of the molecule is CN1Cc2cc(-c3ncc4ccccc4n3)ccc2C(c2ccc3cc[nH]c3c2)C1. The number of nitrogens with zero attached hydrogens (tertiary/aromatic N) is 3. The van der Waals surface area contributed by atoms with Crippen molar-refractivity contribution in [2.45, 2.75) is 12.5 Å². The molecule has 3 heterocycles. The van der Waals surface area contributed by atoms with Crippen LogP contribution >= 0.6 is 0 Å². The van der Waals surface area contributed by atoms with Gasteiger partial charge in [0, 0.05) is 47.9 Å². The molecule has 30 heavy (non-hydrogen) atoms. The van der Waals surface area contributed by atoms with Gasteiger partial charge in [-0.15, -0.1) is 0 Å². The maximum atomic E-state index is 4.79. The minimum Gasteiger partial charge on any atom is -0.361 e. The Morgan fingerprint density at radius 3 is 2.87 bits per heavy atom. The summed E-state index contributed by atoms with van der Waals surface area (Å²) in [4.78, 5) is 15.2. The monoisotopic (exact) mass is 390 g/mol. The number of para-hydroxylation sites is 1. The van der Waals surface area contributed by atoms with Crippen LogP contribution in [0, 0.1) is 0 Å². The molecule has 0 bridgehead atoms. The number of hydrogen-bond acceptors (Lipinski definition) is 3. The van der Waals surface area contributed by atoms with E-state index in [0.717, 1.165) is 35.4 Å². The van der Waals surface area contributed by atoms with Crippen molar-refractivity contribution in [2.24, 2.45) is 0 Å². The first-order valence-corrected chi connectivity index (χ1v) is 10.4. The second kappa shape index (κ2) is 6.78. The normalized spacial score (nSPS) is 16.8. The molecule has 1 N–H and O–H groups in total. The van der Waals surface area contributed by atoms with Crippen LogP contribution < -0.4 is 0 Å². The van der Waals surface area contributed by atoms with Crippen molar-refractivity contribution >= 4 is 21.8 Å². The Labute approximate surface area is 175 Å². The van der Waals surface area contributed by atoms with E-state index < -0.39 is 0 Å². The maximum absolute atomic E-state index is 4.79. The first kappa shape index (κ1) is 17.4. The van der Waals surface area contributed by atoms with Gasteiger partial charge < -0.3 is 9.88 Å². The molecule has 1 aliphatic rings. The van der Waals surface area contributed by atoms with Gasteiger partial charge in [0.15, 0.2) is 5.82 Å². The van der Waals surface area contributed by atoms with E-state index in [0.29, 0.717) is 5.92 Å². The standard InChI is InChI=1S/C26H22N4/c1-30-15-21-12-19(26-28-14-20-4-2-3-5-24(20)29-26)8-9-22(21)23(16-30)18-7-6-17-10-11-27-25(17)13-18/h2-14,23,27H,15-16H2,1H3. The molecule has 0 radical (unpaired) electrons. The van der Waals surface area contributed by atoms with Gasteiger partial charge in [0.25, 0.3) is 0 Å². The summed E-state index contributed by atoms with van der Waals surface area (Å²) >= 11 is 0. The molecule has 1 aliphatic heterocycles. The molecule has 2 aromatic heterocycles. The predicted octanol–water partition coefficient (Wildman–Crippen LogP) is 5.36. The second-order valence-electron chi connectivity index (χ2n) is 8.24. The van der Waals surface area contributed by atoms with Crippen LogP contribution in [-0.2, 0) is 6.54 Å². The summed E-state index contributed by atoms with van der Waals surface area (Å²) in [6, 6.07) is 23.8. The highest BCUT2D eigenvalue weighted by molar-refractivity contribution is 5.81. The first-order valence-electron chi connectivity index (χ1n) is 10.4. The smallest absolute Gasteiger partial charge is 0.159 e. The summed E-state index contributed by atoms with van der Waals surface area (Å²) in [7, 11) is 2.20. The average molecular weight is 390 g/mol. The Morgan fingerprint density at radius 2 is 1.90 bits per heavy atom. The number of rotatable bonds is 2. The lowest BCUT2D eigenvalue weighted by Gasteiger charge is -2.33. The molecule has 1 unspecified atom stereocenters. The topological polar surface area (TPSA) is 44.8 Å². The molecule has 1 atom stereocenters. The van der Waals surface area contributed by atoms with Crippen molar-refractivity contribution in [2.75, 3.05) is 13.6 Å². The molecule has 6 rings (SSSR count). The Bertz CT molecular complexity index is 1380. The zero-order valence-corrected chi connectivity index (χ0v) is 16.8. The summed E-state index contributed by atoms with van der Waals surface area (Å²) < 4.78 is 0. The van der Waals surface area contributed by atoms with E-state index >= 15 is 0 Å². The molecule has 0 saturated heterocycles. The molecule has 3 aromatic carbocycles. The van der Waals surface area contributed by atoms with Crippen molar-refractivity contribution < 1.29 is 0 Å². The largest absolute Gasteiger partial charge is 0.361 e. The summed E-state index contributed by atoms with van der Waals surface area (Å²) in [5.41, 5.74) is 7.37. The molecule has 146 valence electrons. The Hall–Kier alpha value is -3.50. The number of fused-ring (bicyclic) bond motifs is 3. The van der Waals surface area contributed by atoms with Crippen molar-refractivity contribution in [3.05, 3.63) is 95.8 Å². The van der Waals surface area contributed by atoms with Gasteiger partial charge in [-0.2, -0.15) is 0 Å². The lowest BCUT2D eigenvalue weighted by Crippen LogP contribution is -2.31. The molecule has 0 saturated carbocycles. The van der Waals surface area contributed by atoms with Gasteiger partial charge in [0.2, 0.25) is 0 Å². The summed E-state index contributed by atoms with van der Waals surface area (Å²) in [6.45, 7) is 1.96. The molecule has 0 aliphatic carbocycles. The van der Waals surface area contributed by atoms with Crippen LogP contribution in [0.1, 0.15) is 22.6 Å². The van der Waals surface area contributed by atoms with Crippen LogP contribution in [0.25, 0.3) is 33.2 Å². The molecule has 0 amide bonds. The third-order valence-corrected chi connectivity index (χ3v) is 6.18. The highest BCUT2D eigenvalue weighted by atomic mass is 15.1. The highest BCUT2D eigenvalue weighted by Crippen LogP contribution is 2.36. The number of H-pyrrole nitrogens is 1. The summed E-state index contributed by atoms with van der Waals surface area (Å²) in [6.07, 6.45) is 3.92. The van der Waals surface area contributed by atoms with E-state index in [1.54, 1.807) is 0 Å². The van der Waals surface area contributed by atoms with Gasteiger partial charge in [-0.1, -0.05) is 42.5 Å². The Balaban J connectivity index is 1.43. The van der Waals surface area contributed by atoms with Crippen LogP contribution in [0.15, 0.2) is 79.1 Å².